The lowest BCUT2D eigenvalue weighted by molar-refractivity contribution is -0.145. The Morgan fingerprint density at radius 3 is 2.33 bits per heavy atom. The smallest absolute Gasteiger partial charge is 0.329 e. The van der Waals surface area contributed by atoms with E-state index in [4.69, 9.17) is 5.73 Å². The van der Waals surface area contributed by atoms with Crippen molar-refractivity contribution in [1.82, 2.24) is 5.32 Å². The maximum Gasteiger partial charge on any atom is 0.329 e. The molecule has 0 atom stereocenters. The first-order chi connectivity index (χ1) is 9.94. The summed E-state index contributed by atoms with van der Waals surface area (Å²) >= 11 is 3.28. The average Bonchev–Trinajstić information content (AvgIpc) is 2.65. The van der Waals surface area contributed by atoms with Crippen molar-refractivity contribution in [1.29, 1.82) is 0 Å². The number of amides is 1. The number of benzene rings is 1. The lowest BCUT2D eigenvalue weighted by Crippen LogP contribution is -2.54. The van der Waals surface area contributed by atoms with Crippen molar-refractivity contribution in [2.75, 3.05) is 5.73 Å². The summed E-state index contributed by atoms with van der Waals surface area (Å²) in [4.78, 5) is 24.1. The van der Waals surface area contributed by atoms with E-state index in [9.17, 15) is 14.7 Å². The summed E-state index contributed by atoms with van der Waals surface area (Å²) in [5, 5.41) is 12.3. The van der Waals surface area contributed by atoms with Crippen LogP contribution >= 0.6 is 15.9 Å². The Morgan fingerprint density at radius 2 is 1.81 bits per heavy atom. The Morgan fingerprint density at radius 1 is 1.19 bits per heavy atom. The molecule has 0 spiro atoms. The Hall–Kier alpha value is -1.56. The van der Waals surface area contributed by atoms with Crippen molar-refractivity contribution < 1.29 is 14.7 Å². The number of carboxylic acid groups (broad SMARTS) is 1. The lowest BCUT2D eigenvalue weighted by Gasteiger charge is -2.29. The summed E-state index contributed by atoms with van der Waals surface area (Å²) in [6.45, 7) is 0. The van der Waals surface area contributed by atoms with Gasteiger partial charge in [0.1, 0.15) is 5.54 Å². The fraction of sp³-hybridized carbons (Fsp3) is 0.467. The highest BCUT2D eigenvalue weighted by Crippen LogP contribution is 2.28. The van der Waals surface area contributed by atoms with Crippen LogP contribution in [0.15, 0.2) is 22.7 Å². The number of carboxylic acids is 1. The number of carbonyl (C=O) groups excluding carboxylic acids is 1. The zero-order valence-electron chi connectivity index (χ0n) is 11.7. The van der Waals surface area contributed by atoms with Crippen LogP contribution in [0.1, 0.15) is 48.9 Å². The molecule has 0 aliphatic heterocycles. The monoisotopic (exact) mass is 354 g/mol. The minimum Gasteiger partial charge on any atom is -0.480 e. The summed E-state index contributed by atoms with van der Waals surface area (Å²) in [6, 6.07) is 4.95. The van der Waals surface area contributed by atoms with Gasteiger partial charge < -0.3 is 16.2 Å². The predicted octanol–water partition coefficient (Wildman–Crippen LogP) is 2.94. The van der Waals surface area contributed by atoms with Gasteiger partial charge in [0.2, 0.25) is 0 Å². The highest BCUT2D eigenvalue weighted by molar-refractivity contribution is 9.10. The predicted molar refractivity (Wildman–Crippen MR) is 84.1 cm³/mol. The fourth-order valence-electron chi connectivity index (χ4n) is 2.75. The number of nitrogens with two attached hydrogens (primary N) is 1. The van der Waals surface area contributed by atoms with Gasteiger partial charge in [-0.15, -0.1) is 0 Å². The van der Waals surface area contributed by atoms with E-state index < -0.39 is 17.4 Å². The molecule has 1 amide bonds. The van der Waals surface area contributed by atoms with Crippen molar-refractivity contribution in [3.05, 3.63) is 28.2 Å². The SMILES string of the molecule is Nc1cc(Br)ccc1C(=O)NC1(C(=O)O)CCCCCC1. The largest absolute Gasteiger partial charge is 0.480 e. The van der Waals surface area contributed by atoms with Crippen molar-refractivity contribution in [2.24, 2.45) is 0 Å². The second-order valence-corrected chi connectivity index (χ2v) is 6.40. The Bertz CT molecular complexity index is 552. The Kier molecular flexibility index (Phi) is 4.88. The van der Waals surface area contributed by atoms with Crippen molar-refractivity contribution in [3.63, 3.8) is 0 Å². The van der Waals surface area contributed by atoms with Crippen LogP contribution in [0.2, 0.25) is 0 Å². The van der Waals surface area contributed by atoms with E-state index in [0.717, 1.165) is 30.2 Å². The third-order valence-corrected chi connectivity index (χ3v) is 4.47. The molecule has 1 saturated carbocycles. The molecule has 6 heteroatoms. The third kappa shape index (κ3) is 3.56. The van der Waals surface area contributed by atoms with Crippen molar-refractivity contribution in [3.8, 4) is 0 Å². The van der Waals surface area contributed by atoms with E-state index in [1.54, 1.807) is 18.2 Å². The van der Waals surface area contributed by atoms with E-state index >= 15 is 0 Å². The Balaban J connectivity index is 2.24. The molecule has 0 radical (unpaired) electrons. The quantitative estimate of drug-likeness (QED) is 0.574. The molecule has 114 valence electrons. The molecule has 0 saturated heterocycles. The highest BCUT2D eigenvalue weighted by atomic mass is 79.9. The van der Waals surface area contributed by atoms with Crippen LogP contribution in [0.3, 0.4) is 0 Å². The standard InChI is InChI=1S/C15H19BrN2O3/c16-10-5-6-11(12(17)9-10)13(19)18-15(14(20)21)7-3-1-2-4-8-15/h5-6,9H,1-4,7-8,17H2,(H,18,19)(H,20,21). The number of nitrogen functional groups attached to an aromatic ring is 1. The molecule has 0 bridgehead atoms. The molecule has 21 heavy (non-hydrogen) atoms. The highest BCUT2D eigenvalue weighted by Gasteiger charge is 2.40. The molecule has 0 unspecified atom stereocenters. The molecule has 4 N–H and O–H groups in total. The topological polar surface area (TPSA) is 92.4 Å². The second-order valence-electron chi connectivity index (χ2n) is 5.49. The molecular weight excluding hydrogens is 336 g/mol. The average molecular weight is 355 g/mol. The van der Waals surface area contributed by atoms with Gasteiger partial charge >= 0.3 is 5.97 Å². The second kappa shape index (κ2) is 6.47. The first-order valence-electron chi connectivity index (χ1n) is 7.05. The van der Waals surface area contributed by atoms with Gasteiger partial charge in [0, 0.05) is 10.2 Å². The fourth-order valence-corrected chi connectivity index (χ4v) is 3.13. The summed E-state index contributed by atoms with van der Waals surface area (Å²) in [6.07, 6.45) is 4.55. The van der Waals surface area contributed by atoms with Crippen LogP contribution in [0, 0.1) is 0 Å². The van der Waals surface area contributed by atoms with Crippen LogP contribution < -0.4 is 11.1 Å². The van der Waals surface area contributed by atoms with Gasteiger partial charge in [0.25, 0.3) is 5.91 Å². The zero-order valence-corrected chi connectivity index (χ0v) is 13.3. The van der Waals surface area contributed by atoms with E-state index in [0.29, 0.717) is 24.1 Å². The maximum absolute atomic E-state index is 12.4. The Labute approximate surface area is 132 Å². The van der Waals surface area contributed by atoms with Gasteiger partial charge in [-0.25, -0.2) is 4.79 Å². The van der Waals surface area contributed by atoms with Crippen LogP contribution in [-0.4, -0.2) is 22.5 Å². The van der Waals surface area contributed by atoms with Gasteiger partial charge in [-0.05, 0) is 31.0 Å². The van der Waals surface area contributed by atoms with Gasteiger partial charge in [-0.2, -0.15) is 0 Å². The zero-order chi connectivity index (χ0) is 15.5. The lowest BCUT2D eigenvalue weighted by atomic mass is 9.89. The first kappa shape index (κ1) is 15.8. The van der Waals surface area contributed by atoms with Gasteiger partial charge in [0.15, 0.2) is 0 Å². The van der Waals surface area contributed by atoms with Crippen molar-refractivity contribution >= 4 is 33.5 Å². The molecule has 0 heterocycles. The normalized spacial score (nSPS) is 17.8. The molecule has 1 aliphatic carbocycles. The number of aliphatic carboxylic acids is 1. The summed E-state index contributed by atoms with van der Waals surface area (Å²) in [5.41, 5.74) is 5.30. The molecule has 2 rings (SSSR count). The number of carbonyl (C=O) groups is 2. The van der Waals surface area contributed by atoms with Gasteiger partial charge in [-0.3, -0.25) is 4.79 Å². The molecule has 1 aliphatic rings. The minimum absolute atomic E-state index is 0.308. The number of halogens is 1. The minimum atomic E-state index is -1.17. The molecular formula is C15H19BrN2O3. The van der Waals surface area contributed by atoms with Crippen molar-refractivity contribution in [2.45, 2.75) is 44.1 Å². The van der Waals surface area contributed by atoms with Gasteiger partial charge in [0.05, 0.1) is 5.56 Å². The summed E-state index contributed by atoms with van der Waals surface area (Å²) < 4.78 is 0.777. The number of anilines is 1. The van der Waals surface area contributed by atoms with E-state index in [1.165, 1.54) is 0 Å². The van der Waals surface area contributed by atoms with E-state index in [1.807, 2.05) is 0 Å². The number of nitrogens with one attached hydrogen (secondary N) is 1. The van der Waals surface area contributed by atoms with Crippen LogP contribution in [-0.2, 0) is 4.79 Å². The number of rotatable bonds is 3. The summed E-state index contributed by atoms with van der Waals surface area (Å²) in [5.74, 6) is -1.39. The number of hydrogen-bond acceptors (Lipinski definition) is 3. The van der Waals surface area contributed by atoms with Crippen LogP contribution in [0.4, 0.5) is 5.69 Å². The van der Waals surface area contributed by atoms with Gasteiger partial charge in [-0.1, -0.05) is 41.6 Å². The van der Waals surface area contributed by atoms with Crippen LogP contribution in [0.25, 0.3) is 0 Å². The third-order valence-electron chi connectivity index (χ3n) is 3.98. The first-order valence-corrected chi connectivity index (χ1v) is 7.85. The van der Waals surface area contributed by atoms with E-state index in [2.05, 4.69) is 21.2 Å². The molecule has 1 fully saturated rings. The molecule has 0 aromatic heterocycles. The van der Waals surface area contributed by atoms with E-state index in [-0.39, 0.29) is 0 Å². The summed E-state index contributed by atoms with van der Waals surface area (Å²) in [7, 11) is 0. The molecule has 5 nitrogen and oxygen atoms in total. The molecule has 1 aromatic carbocycles. The maximum atomic E-state index is 12.4. The molecule has 1 aromatic rings. The number of hydrogen-bond donors (Lipinski definition) is 3. The van der Waals surface area contributed by atoms with Crippen LogP contribution in [0.5, 0.6) is 0 Å².